The van der Waals surface area contributed by atoms with E-state index in [1.165, 1.54) is 29.9 Å². The Hall–Kier alpha value is -2.83. The van der Waals surface area contributed by atoms with Crippen molar-refractivity contribution in [2.45, 2.75) is 57.2 Å². The summed E-state index contributed by atoms with van der Waals surface area (Å²) in [4.78, 5) is 15.6. The maximum atomic E-state index is 6.31. The van der Waals surface area contributed by atoms with Gasteiger partial charge in [0.15, 0.2) is 0 Å². The summed E-state index contributed by atoms with van der Waals surface area (Å²) >= 11 is 0. The van der Waals surface area contributed by atoms with Gasteiger partial charge in [-0.1, -0.05) is 18.6 Å². The molecule has 0 saturated heterocycles. The fourth-order valence-corrected chi connectivity index (χ4v) is 4.76. The Morgan fingerprint density at radius 1 is 0.963 bits per heavy atom. The lowest BCUT2D eigenvalue weighted by atomic mass is 9.87. The van der Waals surface area contributed by atoms with Crippen LogP contribution in [0.4, 0.5) is 5.69 Å². The molecule has 3 heterocycles. The Morgan fingerprint density at radius 3 is 2.52 bits per heavy atom. The van der Waals surface area contributed by atoms with Gasteiger partial charge < -0.3 is 16.0 Å². The van der Waals surface area contributed by atoms with E-state index in [0.29, 0.717) is 5.96 Å². The number of guanidine groups is 2. The molecule has 7 nitrogen and oxygen atoms in total. The van der Waals surface area contributed by atoms with Crippen LogP contribution < -0.4 is 16.4 Å². The molecule has 0 atom stereocenters. The molecule has 2 aliphatic heterocycles. The summed E-state index contributed by atoms with van der Waals surface area (Å²) in [5.41, 5.74) is 15.2. The van der Waals surface area contributed by atoms with Crippen LogP contribution in [0, 0.1) is 0 Å². The van der Waals surface area contributed by atoms with Crippen LogP contribution in [-0.2, 0) is 13.0 Å². The second kappa shape index (κ2) is 6.11. The SMILES string of the molecule is NC1=NC2(CCCCC2)N(c2ccc(-c3cnc4n3CCC4)cc2)C(N)=N1. The summed E-state index contributed by atoms with van der Waals surface area (Å²) in [5.74, 6) is 1.91. The van der Waals surface area contributed by atoms with Gasteiger partial charge >= 0.3 is 0 Å². The minimum atomic E-state index is -0.395. The van der Waals surface area contributed by atoms with Crippen molar-refractivity contribution in [1.82, 2.24) is 9.55 Å². The smallest absolute Gasteiger partial charge is 0.220 e. The topological polar surface area (TPSA) is 97.8 Å². The first kappa shape index (κ1) is 16.4. The van der Waals surface area contributed by atoms with Crippen LogP contribution >= 0.6 is 0 Å². The van der Waals surface area contributed by atoms with Gasteiger partial charge in [0.2, 0.25) is 11.9 Å². The number of anilines is 1. The van der Waals surface area contributed by atoms with Gasteiger partial charge in [-0.3, -0.25) is 4.90 Å². The molecule has 5 rings (SSSR count). The van der Waals surface area contributed by atoms with E-state index >= 15 is 0 Å². The van der Waals surface area contributed by atoms with Crippen LogP contribution in [0.15, 0.2) is 40.4 Å². The van der Waals surface area contributed by atoms with Crippen molar-refractivity contribution < 1.29 is 0 Å². The number of aliphatic imine (C=N–C) groups is 2. The van der Waals surface area contributed by atoms with E-state index in [1.807, 2.05) is 6.20 Å². The van der Waals surface area contributed by atoms with E-state index < -0.39 is 5.66 Å². The number of nitrogens with zero attached hydrogens (tertiary/aromatic N) is 5. The zero-order chi connectivity index (χ0) is 18.4. The zero-order valence-corrected chi connectivity index (χ0v) is 15.4. The Morgan fingerprint density at radius 2 is 1.74 bits per heavy atom. The van der Waals surface area contributed by atoms with E-state index in [1.54, 1.807) is 0 Å². The number of nitrogens with two attached hydrogens (primary N) is 2. The summed E-state index contributed by atoms with van der Waals surface area (Å²) in [5, 5.41) is 0. The maximum Gasteiger partial charge on any atom is 0.220 e. The van der Waals surface area contributed by atoms with E-state index in [-0.39, 0.29) is 5.96 Å². The third-order valence-corrected chi connectivity index (χ3v) is 5.99. The lowest BCUT2D eigenvalue weighted by Gasteiger charge is -2.45. The highest BCUT2D eigenvalue weighted by atomic mass is 15.4. The van der Waals surface area contributed by atoms with Crippen molar-refractivity contribution in [1.29, 1.82) is 0 Å². The first-order chi connectivity index (χ1) is 13.2. The number of hydrogen-bond acceptors (Lipinski definition) is 6. The third kappa shape index (κ3) is 2.60. The van der Waals surface area contributed by atoms with Crippen LogP contribution in [0.1, 0.15) is 44.3 Å². The van der Waals surface area contributed by atoms with Crippen molar-refractivity contribution in [3.8, 4) is 11.3 Å². The molecule has 1 spiro atoms. The van der Waals surface area contributed by atoms with Gasteiger partial charge in [-0.05, 0) is 49.8 Å². The van der Waals surface area contributed by atoms with Crippen LogP contribution in [0.25, 0.3) is 11.3 Å². The van der Waals surface area contributed by atoms with Gasteiger partial charge in [-0.2, -0.15) is 4.99 Å². The molecule has 0 bridgehead atoms. The molecule has 27 heavy (non-hydrogen) atoms. The second-order valence-electron chi connectivity index (χ2n) is 7.68. The summed E-state index contributed by atoms with van der Waals surface area (Å²) < 4.78 is 2.32. The average Bonchev–Trinajstić information content (AvgIpc) is 3.26. The summed E-state index contributed by atoms with van der Waals surface area (Å²) in [6.07, 6.45) is 9.60. The van der Waals surface area contributed by atoms with Gasteiger partial charge in [0.05, 0.1) is 11.9 Å². The fourth-order valence-electron chi connectivity index (χ4n) is 4.76. The predicted octanol–water partition coefficient (Wildman–Crippen LogP) is 2.61. The minimum absolute atomic E-state index is 0.289. The van der Waals surface area contributed by atoms with Crippen molar-refractivity contribution in [2.75, 3.05) is 4.90 Å². The van der Waals surface area contributed by atoms with Crippen LogP contribution in [0.2, 0.25) is 0 Å². The number of benzene rings is 1. The quantitative estimate of drug-likeness (QED) is 0.857. The molecule has 140 valence electrons. The Labute approximate surface area is 158 Å². The molecule has 1 aromatic carbocycles. The van der Waals surface area contributed by atoms with Crippen LogP contribution in [-0.4, -0.2) is 27.1 Å². The van der Waals surface area contributed by atoms with Gasteiger partial charge in [0.1, 0.15) is 11.5 Å². The Kier molecular flexibility index (Phi) is 3.70. The molecule has 3 aliphatic rings. The summed E-state index contributed by atoms with van der Waals surface area (Å²) in [6.45, 7) is 1.05. The van der Waals surface area contributed by atoms with Crippen molar-refractivity contribution in [3.05, 3.63) is 36.3 Å². The van der Waals surface area contributed by atoms with E-state index in [4.69, 9.17) is 16.5 Å². The molecular weight excluding hydrogens is 338 g/mol. The van der Waals surface area contributed by atoms with Crippen LogP contribution in [0.3, 0.4) is 0 Å². The van der Waals surface area contributed by atoms with Gasteiger partial charge in [0.25, 0.3) is 0 Å². The fraction of sp³-hybridized carbons (Fsp3) is 0.450. The minimum Gasteiger partial charge on any atom is -0.369 e. The van der Waals surface area contributed by atoms with Gasteiger partial charge in [-0.25, -0.2) is 9.98 Å². The lowest BCUT2D eigenvalue weighted by Crippen LogP contribution is -2.58. The van der Waals surface area contributed by atoms with Crippen molar-refractivity contribution in [3.63, 3.8) is 0 Å². The Bertz CT molecular complexity index is 916. The predicted molar refractivity (Wildman–Crippen MR) is 108 cm³/mol. The van der Waals surface area contributed by atoms with Gasteiger partial charge in [0, 0.05) is 18.7 Å². The monoisotopic (exact) mass is 363 g/mol. The van der Waals surface area contributed by atoms with Gasteiger partial charge in [-0.15, -0.1) is 0 Å². The van der Waals surface area contributed by atoms with E-state index in [9.17, 15) is 0 Å². The molecule has 0 amide bonds. The van der Waals surface area contributed by atoms with E-state index in [0.717, 1.165) is 44.3 Å². The number of aromatic nitrogens is 2. The average molecular weight is 363 g/mol. The number of aryl methyl sites for hydroxylation is 1. The highest BCUT2D eigenvalue weighted by Gasteiger charge is 2.42. The Balaban J connectivity index is 1.51. The maximum absolute atomic E-state index is 6.31. The molecule has 1 saturated carbocycles. The molecule has 2 aromatic rings. The molecule has 0 radical (unpaired) electrons. The first-order valence-electron chi connectivity index (χ1n) is 9.81. The molecule has 7 heteroatoms. The standard InChI is InChI=1S/C20H25N7/c21-18-24-19(22)27(20(25-18)10-2-1-3-11-20)15-8-6-14(7-9-15)16-13-23-17-5-4-12-26(16)17/h6-9,13H,1-5,10-12H2,(H4,21,22,24,25). The number of rotatable bonds is 2. The molecule has 1 aromatic heterocycles. The normalized spacial score (nSPS) is 21.1. The molecule has 0 unspecified atom stereocenters. The highest BCUT2D eigenvalue weighted by molar-refractivity contribution is 6.05. The number of imidazole rings is 1. The first-order valence-corrected chi connectivity index (χ1v) is 9.81. The van der Waals surface area contributed by atoms with E-state index in [2.05, 4.69) is 43.7 Å². The zero-order valence-electron chi connectivity index (χ0n) is 15.4. The molecule has 4 N–H and O–H groups in total. The largest absolute Gasteiger partial charge is 0.369 e. The summed E-state index contributed by atoms with van der Waals surface area (Å²) in [7, 11) is 0. The number of fused-ring (bicyclic) bond motifs is 1. The second-order valence-corrected chi connectivity index (χ2v) is 7.68. The lowest BCUT2D eigenvalue weighted by molar-refractivity contribution is 0.305. The van der Waals surface area contributed by atoms with Crippen molar-refractivity contribution in [2.24, 2.45) is 21.5 Å². The molecule has 1 fully saturated rings. The van der Waals surface area contributed by atoms with Crippen molar-refractivity contribution >= 4 is 17.6 Å². The number of hydrogen-bond donors (Lipinski definition) is 2. The highest BCUT2D eigenvalue weighted by Crippen LogP contribution is 2.40. The third-order valence-electron chi connectivity index (χ3n) is 5.99. The molecule has 1 aliphatic carbocycles. The summed E-state index contributed by atoms with van der Waals surface area (Å²) in [6, 6.07) is 8.51. The molecular formula is C20H25N7. The van der Waals surface area contributed by atoms with Crippen LogP contribution in [0.5, 0.6) is 0 Å².